The number of aromatic nitrogens is 4. The van der Waals surface area contributed by atoms with E-state index in [1.807, 2.05) is 41.3 Å². The monoisotopic (exact) mass is 429 g/mol. The molecule has 4 heterocycles. The molecule has 1 atom stereocenters. The van der Waals surface area contributed by atoms with Crippen LogP contribution in [-0.4, -0.2) is 48.7 Å². The molecule has 0 unspecified atom stereocenters. The first-order chi connectivity index (χ1) is 15.6. The lowest BCUT2D eigenvalue weighted by atomic mass is 10.0. The molecule has 1 saturated heterocycles. The number of pyridine rings is 1. The first kappa shape index (κ1) is 20.1. The summed E-state index contributed by atoms with van der Waals surface area (Å²) < 4.78 is 0. The topological polar surface area (TPSA) is 115 Å². The second-order valence-electron chi connectivity index (χ2n) is 8.16. The van der Waals surface area contributed by atoms with Gasteiger partial charge in [-0.3, -0.25) is 19.5 Å². The molecule has 0 saturated carbocycles. The lowest BCUT2D eigenvalue weighted by Gasteiger charge is -2.32. The quantitative estimate of drug-likeness (QED) is 0.448. The molecule has 162 valence electrons. The number of fused-ring (bicyclic) bond motifs is 1. The van der Waals surface area contributed by atoms with Gasteiger partial charge in [-0.05, 0) is 55.3 Å². The fourth-order valence-electron chi connectivity index (χ4n) is 4.39. The molecule has 3 aromatic heterocycles. The number of hydrogen-bond donors (Lipinski definition) is 3. The van der Waals surface area contributed by atoms with E-state index < -0.39 is 12.0 Å². The normalized spacial score (nSPS) is 16.9. The zero-order chi connectivity index (χ0) is 22.1. The van der Waals surface area contributed by atoms with E-state index in [0.29, 0.717) is 29.9 Å². The number of piperidine rings is 1. The highest BCUT2D eigenvalue weighted by molar-refractivity contribution is 5.86. The number of nitrogens with one attached hydrogen (secondary N) is 2. The Morgan fingerprint density at radius 2 is 1.97 bits per heavy atom. The van der Waals surface area contributed by atoms with E-state index in [1.165, 1.54) is 0 Å². The first-order valence-corrected chi connectivity index (χ1v) is 10.7. The predicted molar refractivity (Wildman–Crippen MR) is 121 cm³/mol. The number of nitrogens with zero attached hydrogens (tertiary/aromatic N) is 3. The zero-order valence-corrected chi connectivity index (χ0v) is 17.4. The number of rotatable bonds is 5. The van der Waals surface area contributed by atoms with Gasteiger partial charge in [0.15, 0.2) is 0 Å². The summed E-state index contributed by atoms with van der Waals surface area (Å²) in [6.45, 7) is 1.37. The molecule has 0 amide bonds. The molecule has 1 fully saturated rings. The Balaban J connectivity index is 1.46. The van der Waals surface area contributed by atoms with Crippen LogP contribution in [0.3, 0.4) is 0 Å². The minimum atomic E-state index is -0.755. The maximum atomic E-state index is 12.5. The zero-order valence-electron chi connectivity index (χ0n) is 17.4. The number of H-pyrrole nitrogens is 2. The molecule has 0 spiro atoms. The Labute approximate surface area is 183 Å². The Morgan fingerprint density at radius 1 is 1.12 bits per heavy atom. The number of aromatic amines is 2. The van der Waals surface area contributed by atoms with Crippen LogP contribution in [-0.2, 0) is 11.3 Å². The van der Waals surface area contributed by atoms with Gasteiger partial charge in [-0.15, -0.1) is 0 Å². The van der Waals surface area contributed by atoms with Gasteiger partial charge in [0, 0.05) is 35.4 Å². The third kappa shape index (κ3) is 3.92. The smallest absolute Gasteiger partial charge is 0.320 e. The number of likely N-dealkylation sites (tertiary alicyclic amines) is 1. The summed E-state index contributed by atoms with van der Waals surface area (Å²) in [5.74, 6) is -0.755. The fraction of sp³-hybridized carbons (Fsp3) is 0.250. The molecule has 3 N–H and O–H groups in total. The van der Waals surface area contributed by atoms with Crippen molar-refractivity contribution in [3.63, 3.8) is 0 Å². The van der Waals surface area contributed by atoms with Gasteiger partial charge in [0.05, 0.1) is 17.0 Å². The van der Waals surface area contributed by atoms with Crippen LogP contribution in [0.5, 0.6) is 0 Å². The van der Waals surface area contributed by atoms with Crippen molar-refractivity contribution in [3.05, 3.63) is 70.8 Å². The van der Waals surface area contributed by atoms with Gasteiger partial charge in [-0.25, -0.2) is 5.10 Å². The Kier molecular flexibility index (Phi) is 5.28. The molecular formula is C24H23N5O3. The second kappa shape index (κ2) is 8.39. The van der Waals surface area contributed by atoms with E-state index in [2.05, 4.69) is 20.2 Å². The SMILES string of the molecule is O=C(O)[C@@H]1CCCCN1Cc1ccc2cc(-c3cc(-c4ccncc4)n[nH]c3=O)[nH]c2c1. The van der Waals surface area contributed by atoms with Gasteiger partial charge in [-0.2, -0.15) is 5.10 Å². The standard InChI is InChI=1S/C24H23N5O3/c30-23-18(13-20(27-28-23)16-6-8-25-9-7-16)21-12-17-5-4-15(11-19(17)26-21)14-29-10-2-1-3-22(29)24(31)32/h4-9,11-13,22,26H,1-3,10,14H2,(H,28,30)(H,31,32)/t22-/m0/s1. The first-order valence-electron chi connectivity index (χ1n) is 10.7. The summed E-state index contributed by atoms with van der Waals surface area (Å²) in [7, 11) is 0. The van der Waals surface area contributed by atoms with Crippen LogP contribution in [0, 0.1) is 0 Å². The van der Waals surface area contributed by atoms with E-state index in [1.54, 1.807) is 18.5 Å². The lowest BCUT2D eigenvalue weighted by molar-refractivity contribution is -0.144. The number of hydrogen-bond acceptors (Lipinski definition) is 5. The van der Waals surface area contributed by atoms with Crippen molar-refractivity contribution < 1.29 is 9.90 Å². The van der Waals surface area contributed by atoms with Crippen molar-refractivity contribution in [1.29, 1.82) is 0 Å². The van der Waals surface area contributed by atoms with Crippen LogP contribution in [0.25, 0.3) is 33.4 Å². The molecule has 32 heavy (non-hydrogen) atoms. The molecule has 1 aliphatic heterocycles. The van der Waals surface area contributed by atoms with Crippen LogP contribution in [0.2, 0.25) is 0 Å². The molecular weight excluding hydrogens is 406 g/mol. The predicted octanol–water partition coefficient (Wildman–Crippen LogP) is 3.42. The van der Waals surface area contributed by atoms with Crippen LogP contribution in [0.15, 0.2) is 59.7 Å². The molecule has 1 aliphatic rings. The highest BCUT2D eigenvalue weighted by Gasteiger charge is 2.28. The Bertz CT molecular complexity index is 1330. The summed E-state index contributed by atoms with van der Waals surface area (Å²) in [5, 5.41) is 17.3. The average Bonchev–Trinajstić information content (AvgIpc) is 3.23. The number of aliphatic carboxylic acids is 1. The van der Waals surface area contributed by atoms with Gasteiger partial charge in [-0.1, -0.05) is 18.6 Å². The van der Waals surface area contributed by atoms with Gasteiger partial charge < -0.3 is 10.1 Å². The highest BCUT2D eigenvalue weighted by Crippen LogP contribution is 2.26. The molecule has 8 nitrogen and oxygen atoms in total. The van der Waals surface area contributed by atoms with Crippen molar-refractivity contribution in [3.8, 4) is 22.5 Å². The Hall–Kier alpha value is -3.78. The van der Waals surface area contributed by atoms with Crippen molar-refractivity contribution >= 4 is 16.9 Å². The summed E-state index contributed by atoms with van der Waals surface area (Å²) >= 11 is 0. The molecule has 0 radical (unpaired) electrons. The molecule has 1 aromatic carbocycles. The molecule has 0 aliphatic carbocycles. The van der Waals surface area contributed by atoms with Gasteiger partial charge in [0.2, 0.25) is 0 Å². The van der Waals surface area contributed by atoms with E-state index in [4.69, 9.17) is 0 Å². The Morgan fingerprint density at radius 3 is 2.78 bits per heavy atom. The summed E-state index contributed by atoms with van der Waals surface area (Å²) in [4.78, 5) is 33.5. The number of carboxylic acids is 1. The third-order valence-electron chi connectivity index (χ3n) is 6.04. The van der Waals surface area contributed by atoms with Crippen LogP contribution < -0.4 is 5.56 Å². The highest BCUT2D eigenvalue weighted by atomic mass is 16.4. The van der Waals surface area contributed by atoms with Crippen molar-refractivity contribution in [2.75, 3.05) is 6.54 Å². The van der Waals surface area contributed by atoms with Gasteiger partial charge in [0.25, 0.3) is 5.56 Å². The molecule has 8 heteroatoms. The van der Waals surface area contributed by atoms with Crippen LogP contribution >= 0.6 is 0 Å². The minimum absolute atomic E-state index is 0.271. The fourth-order valence-corrected chi connectivity index (χ4v) is 4.39. The average molecular weight is 429 g/mol. The molecule has 4 aromatic rings. The van der Waals surface area contributed by atoms with E-state index >= 15 is 0 Å². The van der Waals surface area contributed by atoms with Gasteiger partial charge in [0.1, 0.15) is 6.04 Å². The van der Waals surface area contributed by atoms with Crippen LogP contribution in [0.4, 0.5) is 0 Å². The number of carbonyl (C=O) groups is 1. The maximum absolute atomic E-state index is 12.5. The van der Waals surface area contributed by atoms with E-state index in [0.717, 1.165) is 41.4 Å². The lowest BCUT2D eigenvalue weighted by Crippen LogP contribution is -2.43. The van der Waals surface area contributed by atoms with E-state index in [-0.39, 0.29) is 5.56 Å². The number of carboxylic acid groups (broad SMARTS) is 1. The largest absolute Gasteiger partial charge is 0.480 e. The minimum Gasteiger partial charge on any atom is -0.480 e. The maximum Gasteiger partial charge on any atom is 0.320 e. The summed E-state index contributed by atoms with van der Waals surface area (Å²) in [5.41, 5.74) is 4.41. The third-order valence-corrected chi connectivity index (χ3v) is 6.04. The van der Waals surface area contributed by atoms with Gasteiger partial charge >= 0.3 is 5.97 Å². The summed E-state index contributed by atoms with van der Waals surface area (Å²) in [6, 6.07) is 13.0. The number of benzene rings is 1. The van der Waals surface area contributed by atoms with Crippen molar-refractivity contribution in [1.82, 2.24) is 25.1 Å². The summed E-state index contributed by atoms with van der Waals surface area (Å²) in [6.07, 6.45) is 6.03. The van der Waals surface area contributed by atoms with Crippen LogP contribution in [0.1, 0.15) is 24.8 Å². The second-order valence-corrected chi connectivity index (χ2v) is 8.16. The van der Waals surface area contributed by atoms with E-state index in [9.17, 15) is 14.7 Å². The molecule has 0 bridgehead atoms. The van der Waals surface area contributed by atoms with Crippen molar-refractivity contribution in [2.24, 2.45) is 0 Å². The molecule has 5 rings (SSSR count). The van der Waals surface area contributed by atoms with Crippen molar-refractivity contribution in [2.45, 2.75) is 31.8 Å².